The molecule has 30 nitrogen and oxygen atoms in total. The molecule has 18 aliphatic rings. The van der Waals surface area contributed by atoms with Gasteiger partial charge in [-0.15, -0.1) is 0 Å². The summed E-state index contributed by atoms with van der Waals surface area (Å²) in [6.45, 7) is 33.7. The molecule has 0 aromatic carbocycles. The first-order valence-corrected chi connectivity index (χ1v) is 49.6. The van der Waals surface area contributed by atoms with E-state index in [1.165, 1.54) is 27.1 Å². The van der Waals surface area contributed by atoms with E-state index in [1.54, 1.807) is 41.5 Å². The molecule has 2 N–H and O–H groups in total. The van der Waals surface area contributed by atoms with E-state index in [4.69, 9.17) is 66.3 Å². The van der Waals surface area contributed by atoms with Crippen LogP contribution in [-0.2, 0) is 133 Å². The highest BCUT2D eigenvalue weighted by Gasteiger charge is 2.73. The van der Waals surface area contributed by atoms with Gasteiger partial charge in [-0.25, -0.2) is 9.59 Å². The van der Waals surface area contributed by atoms with Crippen molar-refractivity contribution in [2.75, 3.05) is 27.4 Å². The molecule has 14 aliphatic carbocycles. The average Bonchev–Trinajstić information content (AvgIpc) is 1.55. The number of cyclic esters (lactones) is 2. The molecule has 4 saturated heterocycles. The number of esters is 14. The number of ether oxygens (including phenoxy) is 14. The van der Waals surface area contributed by atoms with Crippen LogP contribution < -0.4 is 0 Å². The van der Waals surface area contributed by atoms with Crippen molar-refractivity contribution in [3.05, 3.63) is 0 Å². The van der Waals surface area contributed by atoms with Gasteiger partial charge in [-0.2, -0.15) is 0 Å². The summed E-state index contributed by atoms with van der Waals surface area (Å²) in [6.07, 6.45) is 21.0. The molecule has 4 heterocycles. The van der Waals surface area contributed by atoms with Crippen molar-refractivity contribution in [1.82, 2.24) is 0 Å². The van der Waals surface area contributed by atoms with E-state index in [2.05, 4.69) is 13.8 Å². The van der Waals surface area contributed by atoms with Gasteiger partial charge in [-0.05, 0) is 300 Å². The molecule has 18 fully saturated rings. The van der Waals surface area contributed by atoms with Gasteiger partial charge in [0.15, 0.2) is 0 Å². The van der Waals surface area contributed by atoms with Gasteiger partial charge in [0, 0.05) is 49.4 Å². The minimum atomic E-state index is -1.15. The summed E-state index contributed by atoms with van der Waals surface area (Å²) in [6, 6.07) is 0. The molecule has 0 radical (unpaired) electrons. The number of hydrogen-bond donors (Lipinski definition) is 2. The minimum Gasteiger partial charge on any atom is -0.469 e. The molecule has 0 amide bonds. The first kappa shape index (κ1) is 110. The molecule has 0 spiro atoms. The fourth-order valence-electron chi connectivity index (χ4n) is 27.7. The highest BCUT2D eigenvalue weighted by molar-refractivity contribution is 5.90. The van der Waals surface area contributed by atoms with Crippen molar-refractivity contribution in [2.24, 2.45) is 114 Å². The van der Waals surface area contributed by atoms with Gasteiger partial charge >= 0.3 is 83.6 Å². The van der Waals surface area contributed by atoms with Crippen molar-refractivity contribution >= 4 is 83.6 Å². The molecule has 12 bridgehead atoms. The van der Waals surface area contributed by atoms with Crippen LogP contribution in [0.2, 0.25) is 0 Å². The van der Waals surface area contributed by atoms with E-state index >= 15 is 0 Å². The summed E-state index contributed by atoms with van der Waals surface area (Å²) in [5.41, 5.74) is -10.5. The summed E-state index contributed by atoms with van der Waals surface area (Å²) in [5.74, 6) is -8.14. The Bertz CT molecular complexity index is 4380. The predicted molar refractivity (Wildman–Crippen MR) is 491 cm³/mol. The van der Waals surface area contributed by atoms with Gasteiger partial charge in [-0.1, -0.05) is 62.8 Å². The number of fused-ring (bicyclic) bond motifs is 2. The van der Waals surface area contributed by atoms with E-state index in [0.29, 0.717) is 101 Å². The second-order valence-corrected chi connectivity index (χ2v) is 47.7. The molecule has 4 aliphatic heterocycles. The quantitative estimate of drug-likeness (QED) is 0.0498. The number of rotatable bonds is 30. The van der Waals surface area contributed by atoms with Crippen molar-refractivity contribution in [2.45, 2.75) is 435 Å². The van der Waals surface area contributed by atoms with Crippen molar-refractivity contribution in [1.29, 1.82) is 0 Å². The van der Waals surface area contributed by atoms with Gasteiger partial charge < -0.3 is 76.5 Å². The number of hydrogen-bond acceptors (Lipinski definition) is 30. The highest BCUT2D eigenvalue weighted by Crippen LogP contribution is 2.65. The average molecular weight is 1910 g/mol. The maximum absolute atomic E-state index is 13.7. The van der Waals surface area contributed by atoms with Crippen molar-refractivity contribution < 1.29 is 144 Å². The third-order valence-corrected chi connectivity index (χ3v) is 34.5. The normalized spacial score (nSPS) is 35.6. The molecular formula is C105H164O30. The number of methoxy groups -OCH3 is 2. The number of aliphatic hydroxyl groups is 2. The Labute approximate surface area is 800 Å². The van der Waals surface area contributed by atoms with Gasteiger partial charge in [0.2, 0.25) is 12.2 Å². The van der Waals surface area contributed by atoms with Crippen LogP contribution in [0, 0.1) is 114 Å². The lowest BCUT2D eigenvalue weighted by atomic mass is 9.52. The Hall–Kier alpha value is -7.50. The second-order valence-electron chi connectivity index (χ2n) is 47.7. The molecule has 0 aromatic rings. The van der Waals surface area contributed by atoms with Crippen LogP contribution in [0.25, 0.3) is 0 Å². The fourth-order valence-corrected chi connectivity index (χ4v) is 27.7. The molecule has 30 heteroatoms. The van der Waals surface area contributed by atoms with Crippen LogP contribution >= 0.6 is 0 Å². The molecule has 22 unspecified atom stereocenters. The van der Waals surface area contributed by atoms with Gasteiger partial charge in [0.25, 0.3) is 0 Å². The molecule has 135 heavy (non-hydrogen) atoms. The van der Waals surface area contributed by atoms with E-state index in [0.717, 1.165) is 116 Å². The van der Waals surface area contributed by atoms with Crippen molar-refractivity contribution in [3.63, 3.8) is 0 Å². The van der Waals surface area contributed by atoms with Crippen molar-refractivity contribution in [3.8, 4) is 0 Å². The minimum absolute atomic E-state index is 0. The fraction of sp³-hybridized carbons (Fsp3) is 0.867. The topological polar surface area (TPSA) is 409 Å². The maximum Gasteiger partial charge on any atom is 0.347 e. The van der Waals surface area contributed by atoms with E-state index in [1.807, 2.05) is 69.2 Å². The number of carbonyl (C=O) groups excluding carboxylic acids is 14. The maximum atomic E-state index is 13.7. The zero-order valence-corrected chi connectivity index (χ0v) is 82.2. The third kappa shape index (κ3) is 22.3. The summed E-state index contributed by atoms with van der Waals surface area (Å²) in [5, 5.41) is 22.2. The number of carbonyl (C=O) groups is 14. The van der Waals surface area contributed by atoms with Crippen LogP contribution in [0.5, 0.6) is 0 Å². The standard InChI is InChI=1S/C30H38O12.C30H46O6.C24H42O4.C18H26O8.3CH4/c1-7-30(4,28(36)42-22-12-9-14-18(16(12)24(32)38-6)26(34)40-20(14)22)10-29(2,3)27(35)41-21-11-8-13-17(15(11)23(31)37-5)25(33)39-19(13)21;1-5-26(4,24(32)36-30-14-21-7-22(15-30)11-28(34,10-21)18-30)16-25(2,3)23(31)35-29-12-19-6-20(13-29)9-27(33,8-19)17-29;1-7-22(4,20(26)28-24(6)16-12-9-13-17-24)18-21(2,3)19(25)27-23(5)14-10-8-11-15-23;1-5-18(4,16(22)26-12-7-9-24-14(12)20)10-17(2,3)15(21)25-11-6-8-23-13(11)19;;;/h11-22H,7-10H2,1-6H3;19-22,33-34H,5-18H2,1-4H3;7-18H2,1-6H3;11-12H,5-10H2,1-4H3;3*1H4. The lowest BCUT2D eigenvalue weighted by Crippen LogP contribution is -2.61. The van der Waals surface area contributed by atoms with E-state index in [-0.39, 0.29) is 107 Å². The van der Waals surface area contributed by atoms with Crippen LogP contribution in [0.15, 0.2) is 0 Å². The summed E-state index contributed by atoms with van der Waals surface area (Å²) in [7, 11) is 2.53. The van der Waals surface area contributed by atoms with Crippen LogP contribution in [0.1, 0.15) is 365 Å². The Kier molecular flexibility index (Phi) is 32.6. The molecule has 0 aromatic heterocycles. The highest BCUT2D eigenvalue weighted by atomic mass is 16.6. The molecular weight excluding hydrogens is 1740 g/mol. The Balaban J connectivity index is 0.000000188. The summed E-state index contributed by atoms with van der Waals surface area (Å²) < 4.78 is 77.9. The zero-order chi connectivity index (χ0) is 96.8. The van der Waals surface area contributed by atoms with Crippen LogP contribution in [0.4, 0.5) is 0 Å². The van der Waals surface area contributed by atoms with E-state index < -0.39 is 186 Å². The zero-order valence-electron chi connectivity index (χ0n) is 82.2. The predicted octanol–water partition coefficient (Wildman–Crippen LogP) is 16.5. The Morgan fingerprint density at radius 1 is 0.363 bits per heavy atom. The second kappa shape index (κ2) is 40.2. The molecule has 22 atom stereocenters. The molecule has 18 rings (SSSR count). The summed E-state index contributed by atoms with van der Waals surface area (Å²) in [4.78, 5) is 179. The lowest BCUT2D eigenvalue weighted by molar-refractivity contribution is -0.229. The third-order valence-electron chi connectivity index (χ3n) is 34.5. The summed E-state index contributed by atoms with van der Waals surface area (Å²) >= 11 is 0. The Morgan fingerprint density at radius 2 is 0.652 bits per heavy atom. The first-order valence-electron chi connectivity index (χ1n) is 49.6. The smallest absolute Gasteiger partial charge is 0.347 e. The van der Waals surface area contributed by atoms with Gasteiger partial charge in [0.1, 0.15) is 46.8 Å². The van der Waals surface area contributed by atoms with Gasteiger partial charge in [0.05, 0.1) is 106 Å². The van der Waals surface area contributed by atoms with Gasteiger partial charge in [-0.3, -0.25) is 57.5 Å². The Morgan fingerprint density at radius 3 is 0.978 bits per heavy atom. The lowest BCUT2D eigenvalue weighted by Gasteiger charge is -2.59. The molecule has 764 valence electrons. The SMILES string of the molecule is C.C.C.CCC(C)(CC(C)(C)C(=O)OC1(C)CCCCC1)C(=O)OC1(C)CCCCC1.CCC(C)(CC(C)(C)C(=O)OC12CC3CC(CC(O)(C3)C1)C2)C(=O)OC12CC3CC(CC(O)(C3)C1)C2.CCC(C)(CC(C)(C)C(=O)OC1C2CC3C1OC(=O)C3C2C(=O)OC)C(=O)OC1C2CC3C1OC(=O)C3C2C(=O)OC.CCC(C)(CC(C)(C)C(=O)OC1CCOC1=O)C(=O)OC1CCOC1=O. The van der Waals surface area contributed by atoms with Crippen LogP contribution in [-0.4, -0.2) is 191 Å². The first-order chi connectivity index (χ1) is 61.5. The van der Waals surface area contributed by atoms with E-state index in [9.17, 15) is 77.3 Å². The van der Waals surface area contributed by atoms with Crippen LogP contribution in [0.3, 0.4) is 0 Å². The largest absolute Gasteiger partial charge is 0.469 e. The molecule has 14 saturated carbocycles. The monoisotopic (exact) mass is 1910 g/mol.